The summed E-state index contributed by atoms with van der Waals surface area (Å²) in [6.07, 6.45) is 5.20. The Morgan fingerprint density at radius 2 is 1.82 bits per heavy atom. The molecule has 1 aliphatic rings. The van der Waals surface area contributed by atoms with Gasteiger partial charge in [-0.05, 0) is 18.8 Å². The quantitative estimate of drug-likeness (QED) is 0.795. The van der Waals surface area contributed by atoms with E-state index in [1.54, 1.807) is 0 Å². The van der Waals surface area contributed by atoms with Crippen LogP contribution in [0.3, 0.4) is 0 Å². The van der Waals surface area contributed by atoms with Gasteiger partial charge < -0.3 is 4.74 Å². The Balaban J connectivity index is 2.58. The first kappa shape index (κ1) is 14.9. The van der Waals surface area contributed by atoms with Gasteiger partial charge in [0.05, 0.1) is 12.4 Å². The molecule has 1 aliphatic carbocycles. The van der Waals surface area contributed by atoms with Crippen LogP contribution in [0.25, 0.3) is 0 Å². The third kappa shape index (κ3) is 5.84. The van der Waals surface area contributed by atoms with E-state index in [9.17, 15) is 8.42 Å². The second-order valence-corrected chi connectivity index (χ2v) is 7.39. The second-order valence-electron chi connectivity index (χ2n) is 5.78. The number of hydrogen-bond donors (Lipinski definition) is 1. The highest BCUT2D eigenvalue weighted by molar-refractivity contribution is 7.89. The SMILES string of the molecule is CC(C)COCC1(CS(N)(=O)=O)CCCCC1. The van der Waals surface area contributed by atoms with Gasteiger partial charge in [-0.15, -0.1) is 0 Å². The molecule has 0 heterocycles. The topological polar surface area (TPSA) is 69.4 Å². The van der Waals surface area contributed by atoms with Crippen LogP contribution in [-0.2, 0) is 14.8 Å². The van der Waals surface area contributed by atoms with E-state index >= 15 is 0 Å². The molecule has 0 spiro atoms. The zero-order chi connectivity index (χ0) is 12.9. The first-order valence-electron chi connectivity index (χ1n) is 6.41. The molecule has 0 unspecified atom stereocenters. The van der Waals surface area contributed by atoms with Gasteiger partial charge in [0.1, 0.15) is 0 Å². The maximum absolute atomic E-state index is 11.3. The fourth-order valence-electron chi connectivity index (χ4n) is 2.57. The number of sulfonamides is 1. The maximum atomic E-state index is 11.3. The fraction of sp³-hybridized carbons (Fsp3) is 1.00. The maximum Gasteiger partial charge on any atom is 0.209 e. The largest absolute Gasteiger partial charge is 0.381 e. The van der Waals surface area contributed by atoms with Crippen LogP contribution in [0.5, 0.6) is 0 Å². The van der Waals surface area contributed by atoms with Gasteiger partial charge >= 0.3 is 0 Å². The van der Waals surface area contributed by atoms with Crippen molar-refractivity contribution in [3.05, 3.63) is 0 Å². The predicted molar refractivity (Wildman–Crippen MR) is 69.1 cm³/mol. The summed E-state index contributed by atoms with van der Waals surface area (Å²) >= 11 is 0. The molecular weight excluding hydrogens is 238 g/mol. The Hall–Kier alpha value is -0.130. The first-order valence-corrected chi connectivity index (χ1v) is 8.13. The Bertz CT molecular complexity index is 319. The molecule has 0 aliphatic heterocycles. The van der Waals surface area contributed by atoms with Gasteiger partial charge in [0.25, 0.3) is 0 Å². The van der Waals surface area contributed by atoms with Gasteiger partial charge in [0, 0.05) is 12.0 Å². The molecule has 5 heteroatoms. The summed E-state index contributed by atoms with van der Waals surface area (Å²) in [5.74, 6) is 0.545. The van der Waals surface area contributed by atoms with Gasteiger partial charge in [-0.2, -0.15) is 0 Å². The lowest BCUT2D eigenvalue weighted by Gasteiger charge is -2.36. The predicted octanol–water partition coefficient (Wildman–Crippen LogP) is 1.90. The standard InChI is InChI=1S/C12H25NO3S/c1-11(2)8-16-9-12(10-17(13,14)15)6-4-3-5-7-12/h11H,3-10H2,1-2H3,(H2,13,14,15). The van der Waals surface area contributed by atoms with Crippen LogP contribution < -0.4 is 5.14 Å². The second kappa shape index (κ2) is 6.16. The van der Waals surface area contributed by atoms with Crippen molar-refractivity contribution >= 4 is 10.0 Å². The molecule has 0 amide bonds. The van der Waals surface area contributed by atoms with Crippen LogP contribution in [-0.4, -0.2) is 27.4 Å². The average molecular weight is 263 g/mol. The highest BCUT2D eigenvalue weighted by Crippen LogP contribution is 2.37. The summed E-state index contributed by atoms with van der Waals surface area (Å²) in [6.45, 7) is 5.40. The van der Waals surface area contributed by atoms with Crippen molar-refractivity contribution in [2.24, 2.45) is 16.5 Å². The van der Waals surface area contributed by atoms with Gasteiger partial charge in [-0.1, -0.05) is 33.1 Å². The summed E-state index contributed by atoms with van der Waals surface area (Å²) in [4.78, 5) is 0. The highest BCUT2D eigenvalue weighted by atomic mass is 32.2. The zero-order valence-corrected chi connectivity index (χ0v) is 11.8. The van der Waals surface area contributed by atoms with Crippen LogP contribution in [0.4, 0.5) is 0 Å². The summed E-state index contributed by atoms with van der Waals surface area (Å²) in [5.41, 5.74) is -0.235. The van der Waals surface area contributed by atoms with Crippen molar-refractivity contribution in [2.45, 2.75) is 46.0 Å². The lowest BCUT2D eigenvalue weighted by Crippen LogP contribution is -2.39. The minimum absolute atomic E-state index is 0.0676. The molecular formula is C12H25NO3S. The number of ether oxygens (including phenoxy) is 1. The lowest BCUT2D eigenvalue weighted by molar-refractivity contribution is 0.0212. The van der Waals surface area contributed by atoms with E-state index in [2.05, 4.69) is 13.8 Å². The molecule has 0 radical (unpaired) electrons. The lowest BCUT2D eigenvalue weighted by atomic mass is 9.76. The minimum Gasteiger partial charge on any atom is -0.381 e. The Kier molecular flexibility index (Phi) is 5.41. The Labute approximate surface area is 105 Å². The average Bonchev–Trinajstić information content (AvgIpc) is 2.15. The van der Waals surface area contributed by atoms with E-state index in [4.69, 9.17) is 9.88 Å². The molecule has 2 N–H and O–H groups in total. The molecule has 0 aromatic rings. The van der Waals surface area contributed by atoms with E-state index in [-0.39, 0.29) is 11.2 Å². The Morgan fingerprint density at radius 1 is 1.24 bits per heavy atom. The third-order valence-corrected chi connectivity index (χ3v) is 4.30. The summed E-state index contributed by atoms with van der Waals surface area (Å²) in [5, 5.41) is 5.20. The summed E-state index contributed by atoms with van der Waals surface area (Å²) < 4.78 is 28.3. The van der Waals surface area contributed by atoms with Gasteiger partial charge in [0.2, 0.25) is 10.0 Å². The van der Waals surface area contributed by atoms with Crippen molar-refractivity contribution in [2.75, 3.05) is 19.0 Å². The van der Waals surface area contributed by atoms with E-state index in [1.807, 2.05) is 0 Å². The number of primary sulfonamides is 1. The Morgan fingerprint density at radius 3 is 2.29 bits per heavy atom. The molecule has 0 atom stereocenters. The van der Waals surface area contributed by atoms with Gasteiger partial charge in [-0.3, -0.25) is 0 Å². The van der Waals surface area contributed by atoms with Crippen LogP contribution in [0.2, 0.25) is 0 Å². The van der Waals surface area contributed by atoms with Crippen molar-refractivity contribution in [3.63, 3.8) is 0 Å². The van der Waals surface area contributed by atoms with Crippen molar-refractivity contribution in [1.29, 1.82) is 0 Å². The smallest absolute Gasteiger partial charge is 0.209 e. The van der Waals surface area contributed by atoms with E-state index in [0.717, 1.165) is 25.7 Å². The molecule has 1 rings (SSSR count). The summed E-state index contributed by atoms with van der Waals surface area (Å²) in [7, 11) is -3.41. The van der Waals surface area contributed by atoms with Crippen LogP contribution in [0.1, 0.15) is 46.0 Å². The molecule has 0 saturated heterocycles. The molecule has 0 bridgehead atoms. The van der Waals surface area contributed by atoms with Gasteiger partial charge in [-0.25, -0.2) is 13.6 Å². The van der Waals surface area contributed by atoms with Crippen molar-refractivity contribution in [1.82, 2.24) is 0 Å². The normalized spacial score (nSPS) is 20.7. The van der Waals surface area contributed by atoms with E-state index in [0.29, 0.717) is 19.1 Å². The minimum atomic E-state index is -3.41. The molecule has 4 nitrogen and oxygen atoms in total. The first-order chi connectivity index (χ1) is 7.83. The molecule has 1 fully saturated rings. The number of nitrogens with two attached hydrogens (primary N) is 1. The molecule has 102 valence electrons. The highest BCUT2D eigenvalue weighted by Gasteiger charge is 2.36. The van der Waals surface area contributed by atoms with Crippen LogP contribution >= 0.6 is 0 Å². The van der Waals surface area contributed by atoms with E-state index < -0.39 is 10.0 Å². The fourth-order valence-corrected chi connectivity index (χ4v) is 3.80. The molecule has 0 aromatic heterocycles. The van der Waals surface area contributed by atoms with Crippen LogP contribution in [0, 0.1) is 11.3 Å². The molecule has 1 saturated carbocycles. The third-order valence-electron chi connectivity index (χ3n) is 3.28. The van der Waals surface area contributed by atoms with E-state index in [1.165, 1.54) is 6.42 Å². The van der Waals surface area contributed by atoms with Crippen molar-refractivity contribution < 1.29 is 13.2 Å². The monoisotopic (exact) mass is 263 g/mol. The molecule has 17 heavy (non-hydrogen) atoms. The van der Waals surface area contributed by atoms with Gasteiger partial charge in [0.15, 0.2) is 0 Å². The summed E-state index contributed by atoms with van der Waals surface area (Å²) in [6, 6.07) is 0. The van der Waals surface area contributed by atoms with Crippen LogP contribution in [0.15, 0.2) is 0 Å². The number of hydrogen-bond acceptors (Lipinski definition) is 3. The molecule has 0 aromatic carbocycles. The zero-order valence-electron chi connectivity index (χ0n) is 10.9. The number of rotatable bonds is 6. The van der Waals surface area contributed by atoms with Crippen molar-refractivity contribution in [3.8, 4) is 0 Å².